The van der Waals surface area contributed by atoms with E-state index < -0.39 is 10.0 Å². The summed E-state index contributed by atoms with van der Waals surface area (Å²) < 4.78 is 32.1. The molecule has 1 heterocycles. The molecule has 0 saturated carbocycles. The summed E-state index contributed by atoms with van der Waals surface area (Å²) in [7, 11) is -2.00. The molecule has 0 bridgehead atoms. The Labute approximate surface area is 118 Å². The first-order valence-corrected chi connectivity index (χ1v) is 7.55. The number of benzene rings is 1. The summed E-state index contributed by atoms with van der Waals surface area (Å²) >= 11 is 0. The van der Waals surface area contributed by atoms with Gasteiger partial charge in [0.15, 0.2) is 0 Å². The summed E-state index contributed by atoms with van der Waals surface area (Å²) in [6.45, 7) is 3.85. The van der Waals surface area contributed by atoms with Gasteiger partial charge in [-0.25, -0.2) is 13.1 Å². The zero-order chi connectivity index (χ0) is 14.8. The minimum absolute atomic E-state index is 0.204. The smallest absolute Gasteiger partial charge is 0.240 e. The Morgan fingerprint density at radius 2 is 2.10 bits per heavy atom. The van der Waals surface area contributed by atoms with Gasteiger partial charge in [-0.05, 0) is 37.6 Å². The fourth-order valence-corrected chi connectivity index (χ4v) is 2.92. The van der Waals surface area contributed by atoms with Gasteiger partial charge in [0.05, 0.1) is 18.2 Å². The molecule has 2 aromatic rings. The average Bonchev–Trinajstić information content (AvgIpc) is 2.82. The second-order valence-electron chi connectivity index (χ2n) is 4.48. The van der Waals surface area contributed by atoms with Crippen molar-refractivity contribution in [3.8, 4) is 5.75 Å². The van der Waals surface area contributed by atoms with Crippen LogP contribution in [0.15, 0.2) is 29.3 Å². The second-order valence-corrected chi connectivity index (χ2v) is 6.24. The van der Waals surface area contributed by atoms with Crippen molar-refractivity contribution in [3.05, 3.63) is 41.2 Å². The number of aryl methyl sites for hydroxylation is 2. The molecule has 0 aliphatic carbocycles. The molecule has 2 rings (SSSR count). The van der Waals surface area contributed by atoms with Gasteiger partial charge in [0.25, 0.3) is 0 Å². The van der Waals surface area contributed by atoms with E-state index in [1.807, 2.05) is 6.92 Å². The average molecular weight is 295 g/mol. The van der Waals surface area contributed by atoms with Gasteiger partial charge in [-0.15, -0.1) is 0 Å². The largest absolute Gasteiger partial charge is 0.496 e. The molecule has 1 aromatic carbocycles. The van der Waals surface area contributed by atoms with E-state index in [-0.39, 0.29) is 11.4 Å². The third-order valence-electron chi connectivity index (χ3n) is 3.06. The molecule has 6 nitrogen and oxygen atoms in total. The first-order chi connectivity index (χ1) is 9.44. The third kappa shape index (κ3) is 3.00. The van der Waals surface area contributed by atoms with Crippen LogP contribution in [0.3, 0.4) is 0 Å². The normalized spacial score (nSPS) is 11.6. The quantitative estimate of drug-likeness (QED) is 0.876. The first-order valence-electron chi connectivity index (χ1n) is 6.07. The number of hydrogen-bond acceptors (Lipinski definition) is 4. The van der Waals surface area contributed by atoms with E-state index in [4.69, 9.17) is 4.74 Å². The lowest BCUT2D eigenvalue weighted by Crippen LogP contribution is -2.23. The molecule has 2 N–H and O–H groups in total. The van der Waals surface area contributed by atoms with Crippen molar-refractivity contribution in [2.75, 3.05) is 7.11 Å². The molecule has 108 valence electrons. The molecule has 0 spiro atoms. The maximum Gasteiger partial charge on any atom is 0.240 e. The number of aromatic amines is 1. The third-order valence-corrected chi connectivity index (χ3v) is 4.46. The van der Waals surface area contributed by atoms with E-state index in [1.54, 1.807) is 32.4 Å². The minimum Gasteiger partial charge on any atom is -0.496 e. The zero-order valence-corrected chi connectivity index (χ0v) is 12.4. The molecular weight excluding hydrogens is 278 g/mol. The standard InChI is InChI=1S/C13H17N3O3S/c1-9-6-12(4-5-13(9)19-3)20(17,18)15-8-11-7-14-16-10(11)2/h4-7,15H,8H2,1-3H3,(H,14,16). The molecule has 0 aliphatic heterocycles. The summed E-state index contributed by atoms with van der Waals surface area (Å²) in [5.41, 5.74) is 2.44. The Hall–Kier alpha value is -1.86. The fraction of sp³-hybridized carbons (Fsp3) is 0.308. The molecule has 0 atom stereocenters. The van der Waals surface area contributed by atoms with Gasteiger partial charge >= 0.3 is 0 Å². The highest BCUT2D eigenvalue weighted by atomic mass is 32.2. The summed E-state index contributed by atoms with van der Waals surface area (Å²) in [6.07, 6.45) is 1.61. The number of nitrogens with zero attached hydrogens (tertiary/aromatic N) is 1. The van der Waals surface area contributed by atoms with Crippen LogP contribution in [-0.2, 0) is 16.6 Å². The zero-order valence-electron chi connectivity index (χ0n) is 11.6. The van der Waals surface area contributed by atoms with E-state index in [0.29, 0.717) is 5.75 Å². The molecule has 0 radical (unpaired) electrons. The Morgan fingerprint density at radius 1 is 1.35 bits per heavy atom. The number of hydrogen-bond donors (Lipinski definition) is 2. The van der Waals surface area contributed by atoms with E-state index in [9.17, 15) is 8.42 Å². The number of sulfonamides is 1. The molecule has 7 heteroatoms. The molecule has 0 unspecified atom stereocenters. The highest BCUT2D eigenvalue weighted by Crippen LogP contribution is 2.21. The van der Waals surface area contributed by atoms with Crippen LogP contribution in [0.1, 0.15) is 16.8 Å². The molecule has 0 aliphatic rings. The van der Waals surface area contributed by atoms with Gasteiger partial charge in [0, 0.05) is 17.8 Å². The lowest BCUT2D eigenvalue weighted by molar-refractivity contribution is 0.411. The Kier molecular flexibility index (Phi) is 4.10. The van der Waals surface area contributed by atoms with E-state index in [2.05, 4.69) is 14.9 Å². The van der Waals surface area contributed by atoms with Crippen molar-refractivity contribution in [1.82, 2.24) is 14.9 Å². The molecule has 0 saturated heterocycles. The molecule has 0 amide bonds. The monoisotopic (exact) mass is 295 g/mol. The van der Waals surface area contributed by atoms with Crippen LogP contribution < -0.4 is 9.46 Å². The Morgan fingerprint density at radius 3 is 2.65 bits per heavy atom. The molecule has 20 heavy (non-hydrogen) atoms. The van der Waals surface area contributed by atoms with Crippen LogP contribution >= 0.6 is 0 Å². The highest BCUT2D eigenvalue weighted by molar-refractivity contribution is 7.89. The lowest BCUT2D eigenvalue weighted by Gasteiger charge is -2.09. The van der Waals surface area contributed by atoms with Gasteiger partial charge in [0.1, 0.15) is 5.75 Å². The minimum atomic E-state index is -3.55. The van der Waals surface area contributed by atoms with Crippen LogP contribution in [0.4, 0.5) is 0 Å². The van der Waals surface area contributed by atoms with Crippen molar-refractivity contribution in [3.63, 3.8) is 0 Å². The first kappa shape index (κ1) is 14.5. The van der Waals surface area contributed by atoms with Gasteiger partial charge in [0.2, 0.25) is 10.0 Å². The summed E-state index contributed by atoms with van der Waals surface area (Å²) in [4.78, 5) is 0.219. The van der Waals surface area contributed by atoms with Gasteiger partial charge in [-0.3, -0.25) is 5.10 Å². The maximum absolute atomic E-state index is 12.2. The number of aromatic nitrogens is 2. The van der Waals surface area contributed by atoms with Crippen molar-refractivity contribution < 1.29 is 13.2 Å². The van der Waals surface area contributed by atoms with Crippen LogP contribution in [0.5, 0.6) is 5.75 Å². The van der Waals surface area contributed by atoms with Crippen LogP contribution in [-0.4, -0.2) is 25.7 Å². The van der Waals surface area contributed by atoms with Crippen molar-refractivity contribution in [2.45, 2.75) is 25.3 Å². The topological polar surface area (TPSA) is 84.1 Å². The van der Waals surface area contributed by atoms with E-state index in [0.717, 1.165) is 16.8 Å². The van der Waals surface area contributed by atoms with Crippen LogP contribution in [0.25, 0.3) is 0 Å². The molecular formula is C13H17N3O3S. The molecule has 1 aromatic heterocycles. The van der Waals surface area contributed by atoms with E-state index >= 15 is 0 Å². The number of nitrogens with one attached hydrogen (secondary N) is 2. The summed E-state index contributed by atoms with van der Waals surface area (Å²) in [5.74, 6) is 0.662. The summed E-state index contributed by atoms with van der Waals surface area (Å²) in [6, 6.07) is 4.76. The summed E-state index contributed by atoms with van der Waals surface area (Å²) in [5, 5.41) is 6.62. The van der Waals surface area contributed by atoms with Crippen molar-refractivity contribution in [2.24, 2.45) is 0 Å². The van der Waals surface area contributed by atoms with Gasteiger partial charge in [-0.1, -0.05) is 0 Å². The second kappa shape index (κ2) is 5.64. The van der Waals surface area contributed by atoms with Crippen LogP contribution in [0, 0.1) is 13.8 Å². The predicted octanol–water partition coefficient (Wildman–Crippen LogP) is 1.51. The van der Waals surface area contributed by atoms with E-state index in [1.165, 1.54) is 6.07 Å². The predicted molar refractivity (Wildman–Crippen MR) is 75.1 cm³/mol. The van der Waals surface area contributed by atoms with Crippen LogP contribution in [0.2, 0.25) is 0 Å². The lowest BCUT2D eigenvalue weighted by atomic mass is 10.2. The number of ether oxygens (including phenoxy) is 1. The van der Waals surface area contributed by atoms with Crippen molar-refractivity contribution in [1.29, 1.82) is 0 Å². The van der Waals surface area contributed by atoms with Crippen molar-refractivity contribution >= 4 is 10.0 Å². The Bertz CT molecular complexity index is 707. The SMILES string of the molecule is COc1ccc(S(=O)(=O)NCc2cn[nH]c2C)cc1C. The number of methoxy groups -OCH3 is 1. The Balaban J connectivity index is 2.18. The molecule has 0 fully saturated rings. The fourth-order valence-electron chi connectivity index (χ4n) is 1.83. The van der Waals surface area contributed by atoms with Gasteiger partial charge < -0.3 is 4.74 Å². The number of rotatable bonds is 5. The van der Waals surface area contributed by atoms with Gasteiger partial charge in [-0.2, -0.15) is 5.10 Å². The number of H-pyrrole nitrogens is 1. The maximum atomic E-state index is 12.2. The highest BCUT2D eigenvalue weighted by Gasteiger charge is 2.15.